The lowest BCUT2D eigenvalue weighted by Crippen LogP contribution is -2.30. The Kier molecular flexibility index (Phi) is 3.06. The molecule has 1 N–H and O–H groups in total. The van der Waals surface area contributed by atoms with Crippen molar-refractivity contribution in [2.24, 2.45) is 7.05 Å². The van der Waals surface area contributed by atoms with Crippen LogP contribution in [0.1, 0.15) is 34.9 Å². The zero-order chi connectivity index (χ0) is 13.4. The molecule has 1 aliphatic rings. The minimum atomic E-state index is -0.00162. The number of aryl methyl sites for hydroxylation is 1. The van der Waals surface area contributed by atoms with Gasteiger partial charge < -0.3 is 9.88 Å². The number of hydrogen-bond acceptors (Lipinski definition) is 2. The summed E-state index contributed by atoms with van der Waals surface area (Å²) in [5.74, 6) is -0.00162. The van der Waals surface area contributed by atoms with Gasteiger partial charge in [0, 0.05) is 31.5 Å². The Hall–Kier alpha value is -1.75. The van der Waals surface area contributed by atoms with E-state index in [4.69, 9.17) is 11.6 Å². The highest BCUT2D eigenvalue weighted by Gasteiger charge is 2.31. The van der Waals surface area contributed by atoms with Crippen LogP contribution >= 0.6 is 11.6 Å². The van der Waals surface area contributed by atoms with Crippen molar-refractivity contribution in [2.75, 3.05) is 6.54 Å². The van der Waals surface area contributed by atoms with Crippen molar-refractivity contribution in [3.05, 3.63) is 40.9 Å². The Morgan fingerprint density at radius 2 is 2.42 bits per heavy atom. The molecule has 6 heteroatoms. The van der Waals surface area contributed by atoms with Gasteiger partial charge in [-0.2, -0.15) is 5.10 Å². The fourth-order valence-corrected chi connectivity index (χ4v) is 2.78. The number of rotatable bonds is 2. The molecule has 3 rings (SSSR count). The lowest BCUT2D eigenvalue weighted by atomic mass is 10.1. The average molecular weight is 279 g/mol. The monoisotopic (exact) mass is 278 g/mol. The van der Waals surface area contributed by atoms with Crippen LogP contribution in [0.5, 0.6) is 0 Å². The number of halogens is 1. The highest BCUT2D eigenvalue weighted by molar-refractivity contribution is 6.30. The number of aromatic amines is 1. The van der Waals surface area contributed by atoms with Gasteiger partial charge in [0.15, 0.2) is 0 Å². The molecule has 100 valence electrons. The molecule has 2 aromatic rings. The summed E-state index contributed by atoms with van der Waals surface area (Å²) in [6, 6.07) is 1.78. The van der Waals surface area contributed by atoms with Crippen LogP contribution in [-0.4, -0.2) is 32.1 Å². The third kappa shape index (κ3) is 2.26. The topological polar surface area (TPSA) is 53.9 Å². The number of carbonyl (C=O) groups excluding carboxylic acids is 1. The second kappa shape index (κ2) is 4.74. The highest BCUT2D eigenvalue weighted by atomic mass is 35.5. The van der Waals surface area contributed by atoms with Crippen molar-refractivity contribution in [2.45, 2.75) is 18.9 Å². The predicted octanol–water partition coefficient (Wildman–Crippen LogP) is 2.38. The molecule has 1 saturated heterocycles. The van der Waals surface area contributed by atoms with Gasteiger partial charge in [-0.25, -0.2) is 0 Å². The van der Waals surface area contributed by atoms with Gasteiger partial charge in [-0.15, -0.1) is 0 Å². The van der Waals surface area contributed by atoms with Crippen molar-refractivity contribution in [3.63, 3.8) is 0 Å². The lowest BCUT2D eigenvalue weighted by Gasteiger charge is -2.23. The molecule has 3 heterocycles. The van der Waals surface area contributed by atoms with Gasteiger partial charge in [-0.1, -0.05) is 11.6 Å². The molecule has 1 fully saturated rings. The summed E-state index contributed by atoms with van der Waals surface area (Å²) >= 11 is 5.85. The van der Waals surface area contributed by atoms with Crippen LogP contribution in [0.2, 0.25) is 5.02 Å². The molecule has 0 unspecified atom stereocenters. The molecule has 19 heavy (non-hydrogen) atoms. The first kappa shape index (κ1) is 12.3. The molecule has 1 aliphatic heterocycles. The van der Waals surface area contributed by atoms with Crippen LogP contribution in [0.4, 0.5) is 0 Å². The van der Waals surface area contributed by atoms with E-state index in [1.54, 1.807) is 16.9 Å². The zero-order valence-corrected chi connectivity index (χ0v) is 11.4. The largest absolute Gasteiger partial charge is 0.356 e. The second-order valence-corrected chi connectivity index (χ2v) is 5.27. The van der Waals surface area contributed by atoms with E-state index in [9.17, 15) is 4.79 Å². The van der Waals surface area contributed by atoms with Crippen molar-refractivity contribution < 1.29 is 4.79 Å². The molecule has 0 aromatic carbocycles. The molecule has 0 spiro atoms. The fourth-order valence-electron chi connectivity index (χ4n) is 2.61. The number of amides is 1. The first-order chi connectivity index (χ1) is 9.15. The van der Waals surface area contributed by atoms with Crippen LogP contribution in [0.25, 0.3) is 0 Å². The summed E-state index contributed by atoms with van der Waals surface area (Å²) < 4.78 is 1.77. The van der Waals surface area contributed by atoms with Gasteiger partial charge >= 0.3 is 0 Å². The van der Waals surface area contributed by atoms with Crippen LogP contribution < -0.4 is 0 Å². The first-order valence-corrected chi connectivity index (χ1v) is 6.66. The number of likely N-dealkylation sites (tertiary alicyclic amines) is 1. The van der Waals surface area contributed by atoms with Gasteiger partial charge in [-0.3, -0.25) is 9.48 Å². The number of nitrogens with one attached hydrogen (secondary N) is 1. The van der Waals surface area contributed by atoms with Crippen molar-refractivity contribution in [1.29, 1.82) is 0 Å². The Bertz CT molecular complexity index is 603. The van der Waals surface area contributed by atoms with E-state index in [2.05, 4.69) is 10.1 Å². The standard InChI is InChI=1S/C13H15ClN4O/c1-17-8-9(6-16-17)12-3-2-4-18(12)13(19)11-5-10(14)7-15-11/h5-8,12,15H,2-4H2,1H3/t12-/m1/s1. The van der Waals surface area contributed by atoms with Gasteiger partial charge in [0.1, 0.15) is 5.69 Å². The van der Waals surface area contributed by atoms with Gasteiger partial charge in [0.25, 0.3) is 5.91 Å². The third-order valence-corrected chi connectivity index (χ3v) is 3.72. The SMILES string of the molecule is Cn1cc([C@H]2CCCN2C(=O)c2cc(Cl)c[nH]2)cn1. The number of H-pyrrole nitrogens is 1. The van der Waals surface area contributed by atoms with E-state index < -0.39 is 0 Å². The summed E-state index contributed by atoms with van der Waals surface area (Å²) in [7, 11) is 1.88. The smallest absolute Gasteiger partial charge is 0.270 e. The number of nitrogens with zero attached hydrogens (tertiary/aromatic N) is 3. The first-order valence-electron chi connectivity index (χ1n) is 6.28. The molecule has 0 saturated carbocycles. The zero-order valence-electron chi connectivity index (χ0n) is 10.6. The molecule has 0 aliphatic carbocycles. The number of carbonyl (C=O) groups is 1. The maximum atomic E-state index is 12.5. The lowest BCUT2D eigenvalue weighted by molar-refractivity contribution is 0.0730. The quantitative estimate of drug-likeness (QED) is 0.917. The normalized spacial score (nSPS) is 19.1. The minimum Gasteiger partial charge on any atom is -0.356 e. The number of aromatic nitrogens is 3. The molecule has 0 bridgehead atoms. The predicted molar refractivity (Wildman–Crippen MR) is 72.0 cm³/mol. The molecule has 2 aromatic heterocycles. The van der Waals surface area contributed by atoms with Crippen molar-refractivity contribution in [1.82, 2.24) is 19.7 Å². The van der Waals surface area contributed by atoms with Gasteiger partial charge in [0.05, 0.1) is 17.3 Å². The summed E-state index contributed by atoms with van der Waals surface area (Å²) in [5.41, 5.74) is 1.63. The van der Waals surface area contributed by atoms with Crippen LogP contribution in [0.15, 0.2) is 24.7 Å². The number of hydrogen-bond donors (Lipinski definition) is 1. The van der Waals surface area contributed by atoms with Crippen LogP contribution in [-0.2, 0) is 7.05 Å². The molecule has 5 nitrogen and oxygen atoms in total. The Morgan fingerprint density at radius 3 is 3.05 bits per heavy atom. The highest BCUT2D eigenvalue weighted by Crippen LogP contribution is 2.32. The van der Waals surface area contributed by atoms with Crippen molar-refractivity contribution in [3.8, 4) is 0 Å². The summed E-state index contributed by atoms with van der Waals surface area (Å²) in [5, 5.41) is 4.74. The molecular weight excluding hydrogens is 264 g/mol. The van der Waals surface area contributed by atoms with Gasteiger partial charge in [-0.05, 0) is 18.9 Å². The van der Waals surface area contributed by atoms with E-state index >= 15 is 0 Å². The Labute approximate surface area is 116 Å². The van der Waals surface area contributed by atoms with E-state index in [0.29, 0.717) is 10.7 Å². The molecular formula is C13H15ClN4O. The molecule has 1 amide bonds. The van der Waals surface area contributed by atoms with Gasteiger partial charge in [0.2, 0.25) is 0 Å². The van der Waals surface area contributed by atoms with E-state index in [0.717, 1.165) is 24.9 Å². The van der Waals surface area contributed by atoms with Crippen molar-refractivity contribution >= 4 is 17.5 Å². The van der Waals surface area contributed by atoms with E-state index in [1.807, 2.05) is 24.3 Å². The second-order valence-electron chi connectivity index (χ2n) is 4.84. The van der Waals surface area contributed by atoms with Crippen LogP contribution in [0, 0.1) is 0 Å². The van der Waals surface area contributed by atoms with E-state index in [1.165, 1.54) is 0 Å². The Morgan fingerprint density at radius 1 is 1.58 bits per heavy atom. The van der Waals surface area contributed by atoms with Crippen LogP contribution in [0.3, 0.4) is 0 Å². The fraction of sp³-hybridized carbons (Fsp3) is 0.385. The third-order valence-electron chi connectivity index (χ3n) is 3.50. The molecule has 0 radical (unpaired) electrons. The average Bonchev–Trinajstić information content (AvgIpc) is 3.07. The Balaban J connectivity index is 1.85. The summed E-state index contributed by atoms with van der Waals surface area (Å²) in [6.07, 6.45) is 7.42. The minimum absolute atomic E-state index is 0.00162. The maximum absolute atomic E-state index is 12.5. The summed E-state index contributed by atoms with van der Waals surface area (Å²) in [6.45, 7) is 0.773. The maximum Gasteiger partial charge on any atom is 0.270 e. The molecule has 1 atom stereocenters. The summed E-state index contributed by atoms with van der Waals surface area (Å²) in [4.78, 5) is 17.3. The van der Waals surface area contributed by atoms with E-state index in [-0.39, 0.29) is 11.9 Å².